The van der Waals surface area contributed by atoms with E-state index in [-0.39, 0.29) is 33.9 Å². The van der Waals surface area contributed by atoms with Gasteiger partial charge < -0.3 is 29.7 Å². The highest BCUT2D eigenvalue weighted by atomic mass is 35.5. The van der Waals surface area contributed by atoms with Gasteiger partial charge in [0.15, 0.2) is 5.82 Å². The van der Waals surface area contributed by atoms with Gasteiger partial charge in [-0.1, -0.05) is 29.8 Å². The minimum absolute atomic E-state index is 0.203. The van der Waals surface area contributed by atoms with Crippen molar-refractivity contribution in [3.05, 3.63) is 41.0 Å². The first-order chi connectivity index (χ1) is 19.2. The van der Waals surface area contributed by atoms with Crippen LogP contribution in [0.1, 0.15) is 6.92 Å². The molecule has 11 nitrogen and oxygen atoms in total. The lowest BCUT2D eigenvalue weighted by atomic mass is 9.83. The molecule has 0 aliphatic carbocycles. The maximum Gasteiger partial charge on any atom is 0.243 e. The molecule has 3 aromatic rings. The fraction of sp³-hybridized carbons (Fsp3) is 0.370. The van der Waals surface area contributed by atoms with Crippen LogP contribution in [0.15, 0.2) is 31.0 Å². The van der Waals surface area contributed by atoms with Crippen LogP contribution in [0, 0.1) is 16.7 Å². The number of nitrogens with one attached hydrogen (secondary N) is 2. The van der Waals surface area contributed by atoms with Crippen molar-refractivity contribution in [3.8, 4) is 29.0 Å². The van der Waals surface area contributed by atoms with E-state index < -0.39 is 5.41 Å². The van der Waals surface area contributed by atoms with Crippen LogP contribution in [0.25, 0.3) is 22.3 Å². The third-order valence-corrected chi connectivity index (χ3v) is 7.69. The highest BCUT2D eigenvalue weighted by molar-refractivity contribution is 6.41. The number of nitriles is 1. The van der Waals surface area contributed by atoms with Crippen LogP contribution in [0.2, 0.25) is 10.0 Å². The second kappa shape index (κ2) is 11.0. The molecule has 208 valence electrons. The quantitative estimate of drug-likeness (QED) is 0.376. The van der Waals surface area contributed by atoms with E-state index in [4.69, 9.17) is 47.4 Å². The van der Waals surface area contributed by atoms with E-state index in [0.29, 0.717) is 65.9 Å². The number of pyridine rings is 1. The number of benzene rings is 1. The Hall–Kier alpha value is -3.85. The highest BCUT2D eigenvalue weighted by Gasteiger charge is 2.41. The molecule has 2 atom stereocenters. The number of carbonyl (C=O) groups excluding carboxylic acids is 1. The van der Waals surface area contributed by atoms with Crippen LogP contribution in [-0.2, 0) is 9.53 Å². The zero-order chi connectivity index (χ0) is 28.6. The number of halogens is 2. The minimum atomic E-state index is -0.502. The van der Waals surface area contributed by atoms with Crippen molar-refractivity contribution in [1.82, 2.24) is 20.3 Å². The summed E-state index contributed by atoms with van der Waals surface area (Å²) in [6.45, 7) is 7.14. The van der Waals surface area contributed by atoms with E-state index in [2.05, 4.69) is 28.3 Å². The maximum absolute atomic E-state index is 11.8. The zero-order valence-corrected chi connectivity index (χ0v) is 23.6. The average Bonchev–Trinajstić information content (AvgIpc) is 3.37. The van der Waals surface area contributed by atoms with E-state index in [1.54, 1.807) is 12.3 Å². The summed E-state index contributed by atoms with van der Waals surface area (Å²) in [5.41, 5.74) is 0.402. The average molecular weight is 584 g/mol. The van der Waals surface area contributed by atoms with Gasteiger partial charge in [0.05, 0.1) is 78.3 Å². The summed E-state index contributed by atoms with van der Waals surface area (Å²) >= 11 is 13.4. The molecule has 2 fully saturated rings. The summed E-state index contributed by atoms with van der Waals surface area (Å²) in [5, 5.41) is 17.0. The van der Waals surface area contributed by atoms with Gasteiger partial charge in [-0.3, -0.25) is 4.79 Å². The molecule has 2 saturated heterocycles. The number of nitrogens with zero attached hydrogens (tertiary/aromatic N) is 5. The topological polar surface area (TPSA) is 135 Å². The van der Waals surface area contributed by atoms with Crippen molar-refractivity contribution in [2.24, 2.45) is 5.41 Å². The first-order valence-corrected chi connectivity index (χ1v) is 13.2. The van der Waals surface area contributed by atoms with E-state index in [1.165, 1.54) is 20.3 Å². The Balaban J connectivity index is 1.59. The van der Waals surface area contributed by atoms with Crippen molar-refractivity contribution < 1.29 is 19.0 Å². The number of anilines is 2. The highest BCUT2D eigenvalue weighted by Crippen LogP contribution is 2.46. The van der Waals surface area contributed by atoms with Gasteiger partial charge in [0.25, 0.3) is 0 Å². The summed E-state index contributed by atoms with van der Waals surface area (Å²) in [6, 6.07) is 5.35. The Bertz CT molecular complexity index is 1510. The van der Waals surface area contributed by atoms with Gasteiger partial charge >= 0.3 is 0 Å². The number of amides is 1. The lowest BCUT2D eigenvalue weighted by Crippen LogP contribution is -2.54. The Morgan fingerprint density at radius 2 is 1.88 bits per heavy atom. The summed E-state index contributed by atoms with van der Waals surface area (Å²) in [4.78, 5) is 28.0. The molecule has 0 radical (unpaired) electrons. The number of rotatable bonds is 8. The number of carbonyl (C=O) groups is 1. The molecule has 0 unspecified atom stereocenters. The molecule has 5 rings (SSSR count). The first-order valence-electron chi connectivity index (χ1n) is 12.4. The van der Waals surface area contributed by atoms with Crippen LogP contribution in [-0.4, -0.2) is 73.5 Å². The van der Waals surface area contributed by atoms with E-state index >= 15 is 0 Å². The van der Waals surface area contributed by atoms with Crippen LogP contribution < -0.4 is 25.0 Å². The number of methoxy groups -OCH3 is 2. The molecule has 1 aromatic carbocycles. The lowest BCUT2D eigenvalue weighted by Gasteiger charge is -2.44. The summed E-state index contributed by atoms with van der Waals surface area (Å²) in [7, 11) is 2.99. The molecule has 4 heterocycles. The number of hydrogen-bond acceptors (Lipinski definition) is 10. The fourth-order valence-electron chi connectivity index (χ4n) is 4.82. The second-order valence-electron chi connectivity index (χ2n) is 9.88. The third kappa shape index (κ3) is 5.06. The van der Waals surface area contributed by atoms with Crippen LogP contribution in [0.3, 0.4) is 0 Å². The Labute approximate surface area is 241 Å². The van der Waals surface area contributed by atoms with E-state index in [9.17, 15) is 10.1 Å². The molecular weight excluding hydrogens is 557 g/mol. The molecular formula is C27H27Cl2N7O4. The van der Waals surface area contributed by atoms with Crippen molar-refractivity contribution in [3.63, 3.8) is 0 Å². The largest absolute Gasteiger partial charge is 0.495 e. The van der Waals surface area contributed by atoms with Gasteiger partial charge in [-0.2, -0.15) is 5.26 Å². The van der Waals surface area contributed by atoms with Crippen molar-refractivity contribution in [1.29, 1.82) is 5.26 Å². The van der Waals surface area contributed by atoms with Crippen LogP contribution in [0.4, 0.5) is 11.6 Å². The number of fused-ring (bicyclic) bond motifs is 1. The molecule has 0 bridgehead atoms. The minimum Gasteiger partial charge on any atom is -0.495 e. The molecule has 2 aliphatic heterocycles. The van der Waals surface area contributed by atoms with Gasteiger partial charge in [-0.25, -0.2) is 15.0 Å². The zero-order valence-electron chi connectivity index (χ0n) is 22.1. The van der Waals surface area contributed by atoms with Gasteiger partial charge in [-0.05, 0) is 19.1 Å². The number of aromatic nitrogens is 3. The first kappa shape index (κ1) is 27.7. The maximum atomic E-state index is 11.8. The predicted molar refractivity (Wildman–Crippen MR) is 152 cm³/mol. The molecule has 0 saturated carbocycles. The third-order valence-electron chi connectivity index (χ3n) is 6.94. The van der Waals surface area contributed by atoms with Gasteiger partial charge in [-0.15, -0.1) is 0 Å². The van der Waals surface area contributed by atoms with Gasteiger partial charge in [0, 0.05) is 24.5 Å². The molecule has 2 aliphatic rings. The van der Waals surface area contributed by atoms with E-state index in [1.807, 2.05) is 17.9 Å². The molecule has 1 amide bonds. The van der Waals surface area contributed by atoms with Gasteiger partial charge in [0.2, 0.25) is 5.91 Å². The van der Waals surface area contributed by atoms with Crippen LogP contribution in [0.5, 0.6) is 11.5 Å². The van der Waals surface area contributed by atoms with Gasteiger partial charge in [0.1, 0.15) is 23.1 Å². The SMILES string of the molecule is C=CC(=O)N[C@@H]1COC[C@H]1Nc1cc2c(N3CC(C)(C#N)C3)nc(-c3c(Cl)c(OC)cc(OC)c3Cl)nc2cn1. The van der Waals surface area contributed by atoms with Crippen molar-refractivity contribution in [2.45, 2.75) is 19.0 Å². The molecule has 40 heavy (non-hydrogen) atoms. The number of ether oxygens (including phenoxy) is 3. The van der Waals surface area contributed by atoms with Crippen LogP contribution >= 0.6 is 23.2 Å². The standard InChI is InChI=1S/C27H27Cl2N7O4/c1-5-21(37)33-17-10-40-9-16(17)32-20-6-14-15(8-31-20)34-25(35-26(14)36-12-27(2,11-30)13-36)22-23(28)18(38-3)7-19(39-4)24(22)29/h5-8,16-17H,1,9-10,12-13H2,2-4H3,(H,31,32)(H,33,37)/t16-,17-/m1/s1. The predicted octanol–water partition coefficient (Wildman–Crippen LogP) is 3.85. The summed E-state index contributed by atoms with van der Waals surface area (Å²) in [6.07, 6.45) is 2.85. The Kier molecular flexibility index (Phi) is 7.59. The van der Waals surface area contributed by atoms with Crippen molar-refractivity contribution in [2.75, 3.05) is 50.7 Å². The van der Waals surface area contributed by atoms with Crippen molar-refractivity contribution >= 4 is 51.6 Å². The Morgan fingerprint density at radius 3 is 2.50 bits per heavy atom. The summed E-state index contributed by atoms with van der Waals surface area (Å²) < 4.78 is 16.4. The molecule has 13 heteroatoms. The lowest BCUT2D eigenvalue weighted by molar-refractivity contribution is -0.117. The number of hydrogen-bond donors (Lipinski definition) is 2. The second-order valence-corrected chi connectivity index (χ2v) is 10.6. The summed E-state index contributed by atoms with van der Waals surface area (Å²) in [5.74, 6) is 1.87. The fourth-order valence-corrected chi connectivity index (χ4v) is 5.49. The monoisotopic (exact) mass is 583 g/mol. The molecule has 2 N–H and O–H groups in total. The smallest absolute Gasteiger partial charge is 0.243 e. The molecule has 0 spiro atoms. The normalized spacial score (nSPS) is 19.4. The van der Waals surface area contributed by atoms with E-state index in [0.717, 1.165) is 0 Å². The Morgan fingerprint density at radius 1 is 1.20 bits per heavy atom. The molecule has 2 aromatic heterocycles.